The predicted octanol–water partition coefficient (Wildman–Crippen LogP) is 3.65. The van der Waals surface area contributed by atoms with Crippen LogP contribution in [0.4, 0.5) is 11.6 Å². The molecule has 1 unspecified atom stereocenters. The quantitative estimate of drug-likeness (QED) is 0.584. The maximum atomic E-state index is 13.1. The summed E-state index contributed by atoms with van der Waals surface area (Å²) < 4.78 is 39.7. The number of sulfonamides is 1. The van der Waals surface area contributed by atoms with E-state index in [9.17, 15) is 8.42 Å². The van der Waals surface area contributed by atoms with Gasteiger partial charge in [-0.2, -0.15) is 0 Å². The lowest BCUT2D eigenvalue weighted by atomic mass is 10.1. The zero-order valence-corrected chi connectivity index (χ0v) is 19.4. The topological polar surface area (TPSA) is 96.7 Å². The molecular formula is C23H28N4O4S. The van der Waals surface area contributed by atoms with Gasteiger partial charge in [0.1, 0.15) is 17.3 Å². The van der Waals surface area contributed by atoms with Crippen LogP contribution in [0.3, 0.4) is 0 Å². The summed E-state index contributed by atoms with van der Waals surface area (Å²) in [7, 11) is -2.37. The Morgan fingerprint density at radius 3 is 2.34 bits per heavy atom. The summed E-state index contributed by atoms with van der Waals surface area (Å²) in [5.74, 6) is 2.71. The van der Waals surface area contributed by atoms with Gasteiger partial charge in [-0.05, 0) is 69.3 Å². The van der Waals surface area contributed by atoms with E-state index in [1.54, 1.807) is 30.3 Å². The first kappa shape index (κ1) is 22.2. The van der Waals surface area contributed by atoms with Gasteiger partial charge in [0.15, 0.2) is 11.6 Å². The number of anilines is 2. The highest BCUT2D eigenvalue weighted by Crippen LogP contribution is 2.29. The Labute approximate surface area is 188 Å². The molecule has 1 saturated heterocycles. The third-order valence-electron chi connectivity index (χ3n) is 5.37. The van der Waals surface area contributed by atoms with Crippen LogP contribution in [0, 0.1) is 6.92 Å². The molecule has 0 aliphatic carbocycles. The number of hydrogen-bond donors (Lipinski definition) is 2. The largest absolute Gasteiger partial charge is 0.493 e. The molecule has 2 N–H and O–H groups in total. The van der Waals surface area contributed by atoms with Crippen molar-refractivity contribution in [2.75, 3.05) is 29.8 Å². The zero-order valence-electron chi connectivity index (χ0n) is 18.6. The van der Waals surface area contributed by atoms with Gasteiger partial charge in [0, 0.05) is 30.7 Å². The lowest BCUT2D eigenvalue weighted by Gasteiger charge is -2.37. The van der Waals surface area contributed by atoms with Gasteiger partial charge in [-0.3, -0.25) is 4.72 Å². The van der Waals surface area contributed by atoms with Crippen molar-refractivity contribution in [3.8, 4) is 17.1 Å². The molecule has 0 amide bonds. The Morgan fingerprint density at radius 2 is 1.75 bits per heavy atom. The maximum Gasteiger partial charge on any atom is 0.263 e. The van der Waals surface area contributed by atoms with E-state index in [0.717, 1.165) is 24.4 Å². The number of piperazine rings is 1. The third kappa shape index (κ3) is 4.73. The Kier molecular flexibility index (Phi) is 6.12. The van der Waals surface area contributed by atoms with Crippen molar-refractivity contribution in [2.24, 2.45) is 0 Å². The van der Waals surface area contributed by atoms with Crippen LogP contribution in [0.2, 0.25) is 0 Å². The van der Waals surface area contributed by atoms with E-state index in [4.69, 9.17) is 9.15 Å². The Bertz CT molecular complexity index is 1180. The van der Waals surface area contributed by atoms with E-state index >= 15 is 0 Å². The van der Waals surface area contributed by atoms with Crippen LogP contribution in [0.1, 0.15) is 19.6 Å². The minimum Gasteiger partial charge on any atom is -0.493 e. The molecule has 2 atom stereocenters. The van der Waals surface area contributed by atoms with Gasteiger partial charge < -0.3 is 19.4 Å². The van der Waals surface area contributed by atoms with Crippen molar-refractivity contribution in [3.05, 3.63) is 54.3 Å². The molecule has 1 aliphatic heterocycles. The molecule has 0 bridgehead atoms. The number of hydrogen-bond acceptors (Lipinski definition) is 7. The van der Waals surface area contributed by atoms with Crippen LogP contribution >= 0.6 is 0 Å². The lowest BCUT2D eigenvalue weighted by molar-refractivity contribution is 0.403. The molecule has 3 aromatic rings. The molecule has 32 heavy (non-hydrogen) atoms. The normalized spacial score (nSPS) is 19.1. The number of benzene rings is 1. The van der Waals surface area contributed by atoms with Crippen molar-refractivity contribution in [3.63, 3.8) is 0 Å². The Balaban J connectivity index is 1.59. The molecule has 0 radical (unpaired) electrons. The Hall–Kier alpha value is -3.04. The van der Waals surface area contributed by atoms with Gasteiger partial charge in [-0.1, -0.05) is 0 Å². The van der Waals surface area contributed by atoms with Crippen LogP contribution in [0.5, 0.6) is 5.75 Å². The van der Waals surface area contributed by atoms with E-state index in [1.165, 1.54) is 7.11 Å². The number of methoxy groups -OCH3 is 1. The first-order valence-electron chi connectivity index (χ1n) is 10.5. The summed E-state index contributed by atoms with van der Waals surface area (Å²) in [6.07, 6.45) is 0. The average Bonchev–Trinajstić information content (AvgIpc) is 3.19. The van der Waals surface area contributed by atoms with Crippen molar-refractivity contribution < 1.29 is 17.6 Å². The fraction of sp³-hybridized carbons (Fsp3) is 0.348. The minimum absolute atomic E-state index is 0.128. The van der Waals surface area contributed by atoms with Gasteiger partial charge in [0.05, 0.1) is 12.0 Å². The molecular weight excluding hydrogens is 428 g/mol. The second kappa shape index (κ2) is 8.84. The lowest BCUT2D eigenvalue weighted by Crippen LogP contribution is -2.54. The standard InChI is InChI=1S/C23H28N4O4S/c1-15-13-27(14-16(2)24-15)22-12-11-21(30-4)23(25-22)26-32(28,29)19-8-6-18(7-9-19)20-10-5-17(3)31-20/h5-12,15-16,24H,13-14H2,1-4H3,(H,25,26)/t15-,16?/m0/s1. The molecule has 0 spiro atoms. The monoisotopic (exact) mass is 456 g/mol. The number of nitrogens with one attached hydrogen (secondary N) is 2. The molecule has 2 aromatic heterocycles. The SMILES string of the molecule is COc1ccc(N2CC(C)N[C@@H](C)C2)nc1NS(=O)(=O)c1ccc(-c2ccc(C)o2)cc1. The maximum absolute atomic E-state index is 13.1. The summed E-state index contributed by atoms with van der Waals surface area (Å²) >= 11 is 0. The molecule has 170 valence electrons. The first-order valence-corrected chi connectivity index (χ1v) is 12.0. The summed E-state index contributed by atoms with van der Waals surface area (Å²) in [6.45, 7) is 7.66. The highest BCUT2D eigenvalue weighted by Gasteiger charge is 2.24. The van der Waals surface area contributed by atoms with Gasteiger partial charge in [0.25, 0.3) is 10.0 Å². The van der Waals surface area contributed by atoms with Crippen LogP contribution in [-0.4, -0.2) is 45.7 Å². The molecule has 0 saturated carbocycles. The number of pyridine rings is 1. The molecule has 8 nitrogen and oxygen atoms in total. The number of rotatable bonds is 6. The molecule has 1 aromatic carbocycles. The zero-order chi connectivity index (χ0) is 22.9. The first-order chi connectivity index (χ1) is 15.2. The second-order valence-corrected chi connectivity index (χ2v) is 9.82. The van der Waals surface area contributed by atoms with E-state index in [-0.39, 0.29) is 10.7 Å². The van der Waals surface area contributed by atoms with Crippen LogP contribution < -0.4 is 19.7 Å². The molecule has 9 heteroatoms. The molecule has 1 fully saturated rings. The number of nitrogens with zero attached hydrogens (tertiary/aromatic N) is 2. The molecule has 4 rings (SSSR count). The fourth-order valence-electron chi connectivity index (χ4n) is 3.94. The Morgan fingerprint density at radius 1 is 1.06 bits per heavy atom. The summed E-state index contributed by atoms with van der Waals surface area (Å²) in [6, 6.07) is 14.5. The predicted molar refractivity (Wildman–Crippen MR) is 125 cm³/mol. The smallest absolute Gasteiger partial charge is 0.263 e. The van der Waals surface area contributed by atoms with Crippen LogP contribution in [0.15, 0.2) is 57.8 Å². The fourth-order valence-corrected chi connectivity index (χ4v) is 4.95. The van der Waals surface area contributed by atoms with E-state index in [0.29, 0.717) is 29.4 Å². The second-order valence-electron chi connectivity index (χ2n) is 8.13. The highest BCUT2D eigenvalue weighted by atomic mass is 32.2. The minimum atomic E-state index is -3.86. The van der Waals surface area contributed by atoms with Crippen molar-refractivity contribution >= 4 is 21.7 Å². The van der Waals surface area contributed by atoms with Gasteiger partial charge in [-0.25, -0.2) is 13.4 Å². The number of aryl methyl sites for hydroxylation is 1. The highest BCUT2D eigenvalue weighted by molar-refractivity contribution is 7.92. The summed E-state index contributed by atoms with van der Waals surface area (Å²) in [4.78, 5) is 6.85. The number of ether oxygens (including phenoxy) is 1. The van der Waals surface area contributed by atoms with Crippen LogP contribution in [-0.2, 0) is 10.0 Å². The van der Waals surface area contributed by atoms with Crippen LogP contribution in [0.25, 0.3) is 11.3 Å². The van der Waals surface area contributed by atoms with Gasteiger partial charge in [-0.15, -0.1) is 0 Å². The van der Waals surface area contributed by atoms with E-state index < -0.39 is 10.0 Å². The van der Waals surface area contributed by atoms with Gasteiger partial charge >= 0.3 is 0 Å². The number of aromatic nitrogens is 1. The van der Waals surface area contributed by atoms with Gasteiger partial charge in [0.2, 0.25) is 0 Å². The average molecular weight is 457 g/mol. The van der Waals surface area contributed by atoms with Crippen molar-refractivity contribution in [2.45, 2.75) is 37.8 Å². The van der Waals surface area contributed by atoms with Crippen molar-refractivity contribution in [1.29, 1.82) is 0 Å². The third-order valence-corrected chi connectivity index (χ3v) is 6.72. The van der Waals surface area contributed by atoms with Crippen molar-refractivity contribution in [1.82, 2.24) is 10.3 Å². The summed E-state index contributed by atoms with van der Waals surface area (Å²) in [5, 5.41) is 3.48. The molecule has 1 aliphatic rings. The van der Waals surface area contributed by atoms with E-state index in [2.05, 4.69) is 33.8 Å². The number of furan rings is 1. The molecule has 3 heterocycles. The van der Waals surface area contributed by atoms with E-state index in [1.807, 2.05) is 25.1 Å². The summed E-state index contributed by atoms with van der Waals surface area (Å²) in [5.41, 5.74) is 0.803.